The Kier molecular flexibility index (Phi) is 5.41. The molecule has 1 aliphatic heterocycles. The number of hydrogen-bond donors (Lipinski definition) is 1. The molecule has 0 fully saturated rings. The van der Waals surface area contributed by atoms with Gasteiger partial charge in [-0.05, 0) is 59.7 Å². The zero-order chi connectivity index (χ0) is 26.4. The summed E-state index contributed by atoms with van der Waals surface area (Å²) in [6, 6.07) is 42.2. The van der Waals surface area contributed by atoms with Crippen LogP contribution >= 0.6 is 0 Å². The van der Waals surface area contributed by atoms with Gasteiger partial charge in [-0.3, -0.25) is 4.90 Å². The molecule has 6 aromatic rings. The molecule has 0 amide bonds. The van der Waals surface area contributed by atoms with E-state index in [1.54, 1.807) is 0 Å². The second kappa shape index (κ2) is 9.10. The predicted octanol–water partition coefficient (Wildman–Crippen LogP) is 9.15. The summed E-state index contributed by atoms with van der Waals surface area (Å²) in [6.07, 6.45) is 1.85. The Labute approximate surface area is 228 Å². The van der Waals surface area contributed by atoms with Gasteiger partial charge in [0.2, 0.25) is 0 Å². The van der Waals surface area contributed by atoms with Gasteiger partial charge in [0.25, 0.3) is 0 Å². The highest BCUT2D eigenvalue weighted by atomic mass is 15.2. The molecule has 0 aliphatic carbocycles. The van der Waals surface area contributed by atoms with E-state index in [4.69, 9.17) is 9.97 Å². The SMILES string of the molecule is CC1(C)c2ccccc2N(c2ccccn2)c2cc(-c3ccc4cccc(Nc5ccccc5)c4n3)ccc21. The highest BCUT2D eigenvalue weighted by Crippen LogP contribution is 2.52. The maximum Gasteiger partial charge on any atom is 0.137 e. The third-order valence-electron chi connectivity index (χ3n) is 7.68. The van der Waals surface area contributed by atoms with Crippen LogP contribution in [0.3, 0.4) is 0 Å². The first-order chi connectivity index (χ1) is 19.1. The molecule has 188 valence electrons. The van der Waals surface area contributed by atoms with Gasteiger partial charge < -0.3 is 5.32 Å². The number of nitrogens with zero attached hydrogens (tertiary/aromatic N) is 3. The molecule has 0 saturated heterocycles. The molecule has 1 aliphatic rings. The fraction of sp³-hybridized carbons (Fsp3) is 0.0857. The summed E-state index contributed by atoms with van der Waals surface area (Å²) >= 11 is 0. The Hall–Kier alpha value is -4.96. The van der Waals surface area contributed by atoms with E-state index < -0.39 is 0 Å². The summed E-state index contributed by atoms with van der Waals surface area (Å²) < 4.78 is 0. The molecule has 0 atom stereocenters. The van der Waals surface area contributed by atoms with E-state index in [9.17, 15) is 0 Å². The third-order valence-corrected chi connectivity index (χ3v) is 7.68. The molecule has 4 aromatic carbocycles. The molecule has 0 unspecified atom stereocenters. The molecule has 2 aromatic heterocycles. The Bertz CT molecular complexity index is 1810. The van der Waals surface area contributed by atoms with Crippen LogP contribution in [0.15, 0.2) is 128 Å². The van der Waals surface area contributed by atoms with Crippen LogP contribution in [-0.2, 0) is 5.41 Å². The molecular formula is C35H28N4. The van der Waals surface area contributed by atoms with Gasteiger partial charge in [-0.1, -0.05) is 86.6 Å². The minimum atomic E-state index is -0.153. The number of fused-ring (bicyclic) bond motifs is 3. The summed E-state index contributed by atoms with van der Waals surface area (Å²) in [5, 5.41) is 4.65. The van der Waals surface area contributed by atoms with E-state index in [1.165, 1.54) is 11.1 Å². The number of hydrogen-bond acceptors (Lipinski definition) is 4. The van der Waals surface area contributed by atoms with Crippen LogP contribution in [0, 0.1) is 0 Å². The summed E-state index contributed by atoms with van der Waals surface area (Å²) in [6.45, 7) is 4.60. The fourth-order valence-corrected chi connectivity index (χ4v) is 5.70. The molecule has 3 heterocycles. The predicted molar refractivity (Wildman–Crippen MR) is 162 cm³/mol. The average Bonchev–Trinajstić information content (AvgIpc) is 2.98. The summed E-state index contributed by atoms with van der Waals surface area (Å²) in [4.78, 5) is 12.2. The van der Waals surface area contributed by atoms with Crippen LogP contribution in [0.4, 0.5) is 28.6 Å². The van der Waals surface area contributed by atoms with Crippen LogP contribution in [0.2, 0.25) is 0 Å². The van der Waals surface area contributed by atoms with Gasteiger partial charge in [-0.15, -0.1) is 0 Å². The standard InChI is InChI=1S/C35H28N4/c1-35(2)27-14-6-7-16-31(27)39(33-17-8-9-22-36-33)32-23-25(18-20-28(32)35)29-21-19-24-11-10-15-30(34(24)38-29)37-26-12-4-3-5-13-26/h3-23,37H,1-2H3. The van der Waals surface area contributed by atoms with Gasteiger partial charge in [0.05, 0.1) is 28.3 Å². The van der Waals surface area contributed by atoms with Crippen molar-refractivity contribution in [3.63, 3.8) is 0 Å². The van der Waals surface area contributed by atoms with E-state index in [1.807, 2.05) is 36.5 Å². The average molecular weight is 505 g/mol. The number of rotatable bonds is 4. The lowest BCUT2D eigenvalue weighted by Gasteiger charge is -2.41. The summed E-state index contributed by atoms with van der Waals surface area (Å²) in [5.74, 6) is 0.902. The molecule has 0 bridgehead atoms. The summed E-state index contributed by atoms with van der Waals surface area (Å²) in [7, 11) is 0. The van der Waals surface area contributed by atoms with E-state index in [0.29, 0.717) is 0 Å². The quantitative estimate of drug-likeness (QED) is 0.260. The molecule has 0 saturated carbocycles. The number of nitrogens with one attached hydrogen (secondary N) is 1. The first-order valence-electron chi connectivity index (χ1n) is 13.3. The minimum Gasteiger partial charge on any atom is -0.354 e. The van der Waals surface area contributed by atoms with Crippen molar-refractivity contribution in [3.05, 3.63) is 139 Å². The highest BCUT2D eigenvalue weighted by molar-refractivity contribution is 5.94. The molecular weight excluding hydrogens is 476 g/mol. The first-order valence-corrected chi connectivity index (χ1v) is 13.3. The van der Waals surface area contributed by atoms with Gasteiger partial charge in [0, 0.05) is 28.2 Å². The van der Waals surface area contributed by atoms with Crippen molar-refractivity contribution in [2.75, 3.05) is 10.2 Å². The van der Waals surface area contributed by atoms with Gasteiger partial charge in [-0.2, -0.15) is 0 Å². The Morgan fingerprint density at radius 2 is 1.46 bits per heavy atom. The first kappa shape index (κ1) is 23.2. The summed E-state index contributed by atoms with van der Waals surface area (Å²) in [5.41, 5.74) is 9.68. The Morgan fingerprint density at radius 1 is 0.667 bits per heavy atom. The van der Waals surface area contributed by atoms with Crippen LogP contribution in [0.1, 0.15) is 25.0 Å². The van der Waals surface area contributed by atoms with Crippen molar-refractivity contribution in [2.24, 2.45) is 0 Å². The number of para-hydroxylation sites is 3. The number of pyridine rings is 2. The molecule has 0 radical (unpaired) electrons. The van der Waals surface area contributed by atoms with E-state index in [-0.39, 0.29) is 5.41 Å². The largest absolute Gasteiger partial charge is 0.354 e. The maximum absolute atomic E-state index is 5.17. The van der Waals surface area contributed by atoms with Gasteiger partial charge in [0.15, 0.2) is 0 Å². The lowest BCUT2D eigenvalue weighted by molar-refractivity contribution is 0.631. The van der Waals surface area contributed by atoms with Gasteiger partial charge in [0.1, 0.15) is 5.82 Å². The number of anilines is 5. The van der Waals surface area contributed by atoms with E-state index in [2.05, 4.69) is 115 Å². The Balaban J connectivity index is 1.39. The van der Waals surface area contributed by atoms with E-state index in [0.717, 1.165) is 50.7 Å². The van der Waals surface area contributed by atoms with Crippen LogP contribution < -0.4 is 10.2 Å². The van der Waals surface area contributed by atoms with Gasteiger partial charge >= 0.3 is 0 Å². The van der Waals surface area contributed by atoms with Gasteiger partial charge in [-0.25, -0.2) is 9.97 Å². The zero-order valence-electron chi connectivity index (χ0n) is 22.0. The lowest BCUT2D eigenvalue weighted by Crippen LogP contribution is -2.30. The second-order valence-electron chi connectivity index (χ2n) is 10.5. The van der Waals surface area contributed by atoms with Crippen molar-refractivity contribution < 1.29 is 0 Å². The topological polar surface area (TPSA) is 41.1 Å². The number of aromatic nitrogens is 2. The van der Waals surface area contributed by atoms with E-state index >= 15 is 0 Å². The molecule has 7 rings (SSSR count). The maximum atomic E-state index is 5.17. The van der Waals surface area contributed by atoms with Crippen molar-refractivity contribution in [2.45, 2.75) is 19.3 Å². The van der Waals surface area contributed by atoms with Crippen molar-refractivity contribution in [1.82, 2.24) is 9.97 Å². The zero-order valence-corrected chi connectivity index (χ0v) is 22.0. The van der Waals surface area contributed by atoms with Crippen LogP contribution in [0.5, 0.6) is 0 Å². The van der Waals surface area contributed by atoms with Crippen molar-refractivity contribution in [1.29, 1.82) is 0 Å². The van der Waals surface area contributed by atoms with Crippen LogP contribution in [0.25, 0.3) is 22.2 Å². The molecule has 0 spiro atoms. The minimum absolute atomic E-state index is 0.153. The second-order valence-corrected chi connectivity index (χ2v) is 10.5. The lowest BCUT2D eigenvalue weighted by atomic mass is 9.73. The van der Waals surface area contributed by atoms with Crippen LogP contribution in [-0.4, -0.2) is 9.97 Å². The number of benzene rings is 4. The molecule has 4 nitrogen and oxygen atoms in total. The fourth-order valence-electron chi connectivity index (χ4n) is 5.70. The third kappa shape index (κ3) is 3.93. The van der Waals surface area contributed by atoms with Crippen molar-refractivity contribution >= 4 is 39.5 Å². The normalized spacial score (nSPS) is 13.5. The molecule has 1 N–H and O–H groups in total. The molecule has 39 heavy (non-hydrogen) atoms. The smallest absolute Gasteiger partial charge is 0.137 e. The Morgan fingerprint density at radius 3 is 2.31 bits per heavy atom. The highest BCUT2D eigenvalue weighted by Gasteiger charge is 2.37. The monoisotopic (exact) mass is 504 g/mol. The molecule has 4 heteroatoms. The van der Waals surface area contributed by atoms with Crippen molar-refractivity contribution in [3.8, 4) is 11.3 Å².